The van der Waals surface area contributed by atoms with Crippen molar-refractivity contribution >= 4 is 11.9 Å². The van der Waals surface area contributed by atoms with Crippen molar-refractivity contribution in [1.29, 1.82) is 0 Å². The molecule has 10 N–H and O–H groups in total. The summed E-state index contributed by atoms with van der Waals surface area (Å²) >= 11 is 0. The number of rotatable bonds is 17. The van der Waals surface area contributed by atoms with Gasteiger partial charge in [-0.3, -0.25) is 0 Å². The Kier molecular flexibility index (Phi) is 16.3. The predicted molar refractivity (Wildman–Crippen MR) is 208 cm³/mol. The second-order valence-corrected chi connectivity index (χ2v) is 17.4. The van der Waals surface area contributed by atoms with Crippen molar-refractivity contribution in [2.45, 2.75) is 139 Å². The van der Waals surface area contributed by atoms with Gasteiger partial charge in [0, 0.05) is 11.8 Å². The largest absolute Gasteiger partial charge is 0.471 e. The summed E-state index contributed by atoms with van der Waals surface area (Å²) in [6.07, 6.45) is -14.0. The number of hydrogen-bond acceptors (Lipinski definition) is 20. The van der Waals surface area contributed by atoms with E-state index < -0.39 is 135 Å². The summed E-state index contributed by atoms with van der Waals surface area (Å²) in [6, 6.07) is 0. The topological polar surface area (TPSA) is 310 Å². The van der Waals surface area contributed by atoms with Crippen LogP contribution in [-0.2, 0) is 47.5 Å². The molecular formula is C42H62O20. The van der Waals surface area contributed by atoms with E-state index in [1.54, 1.807) is 0 Å². The zero-order chi connectivity index (χ0) is 45.2. The van der Waals surface area contributed by atoms with Crippen LogP contribution < -0.4 is 0 Å². The van der Waals surface area contributed by atoms with Gasteiger partial charge in [0.15, 0.2) is 12.6 Å². The Morgan fingerprint density at radius 3 is 1.52 bits per heavy atom. The van der Waals surface area contributed by atoms with Crippen molar-refractivity contribution in [3.05, 3.63) is 48.0 Å². The minimum absolute atomic E-state index is 0.00695. The fraction of sp³-hybridized carbons (Fsp3) is 0.762. The second-order valence-electron chi connectivity index (χ2n) is 17.4. The fourth-order valence-electron chi connectivity index (χ4n) is 9.07. The number of aliphatic hydroxyl groups is 10. The Balaban J connectivity index is 0.922. The summed E-state index contributed by atoms with van der Waals surface area (Å²) in [5.74, 6) is -3.75. The van der Waals surface area contributed by atoms with E-state index in [0.717, 1.165) is 19.3 Å². The molecule has 2 saturated carbocycles. The van der Waals surface area contributed by atoms with Crippen molar-refractivity contribution in [1.82, 2.24) is 0 Å². The van der Waals surface area contributed by atoms with E-state index in [4.69, 9.17) is 37.9 Å². The van der Waals surface area contributed by atoms with Crippen LogP contribution in [0.2, 0.25) is 0 Å². The van der Waals surface area contributed by atoms with Gasteiger partial charge in [0.05, 0.1) is 74.1 Å². The highest BCUT2D eigenvalue weighted by atomic mass is 16.8. The normalized spacial score (nSPS) is 41.5. The molecule has 0 aromatic carbocycles. The molecule has 2 aliphatic carbocycles. The molecule has 4 aliphatic heterocycles. The monoisotopic (exact) mass is 886 g/mol. The molecule has 0 amide bonds. The van der Waals surface area contributed by atoms with Gasteiger partial charge in [-0.15, -0.1) is 0 Å². The number of esters is 2. The maximum absolute atomic E-state index is 13.3. The van der Waals surface area contributed by atoms with E-state index in [9.17, 15) is 60.7 Å². The molecule has 0 aromatic rings. The summed E-state index contributed by atoms with van der Waals surface area (Å²) in [4.78, 5) is 26.5. The molecule has 350 valence electrons. The van der Waals surface area contributed by atoms with Gasteiger partial charge in [-0.2, -0.15) is 0 Å². The van der Waals surface area contributed by atoms with E-state index in [0.29, 0.717) is 17.6 Å². The number of ether oxygens (including phenoxy) is 8. The van der Waals surface area contributed by atoms with Gasteiger partial charge in [0.2, 0.25) is 12.6 Å². The van der Waals surface area contributed by atoms with E-state index in [2.05, 4.69) is 13.2 Å². The van der Waals surface area contributed by atoms with Gasteiger partial charge in [0.1, 0.15) is 48.8 Å². The number of carbonyl (C=O) groups is 2. The summed E-state index contributed by atoms with van der Waals surface area (Å²) in [6.45, 7) is 10.8. The maximum atomic E-state index is 13.3. The highest BCUT2D eigenvalue weighted by Crippen LogP contribution is 2.48. The second kappa shape index (κ2) is 20.8. The Bertz CT molecular complexity index is 1650. The van der Waals surface area contributed by atoms with Gasteiger partial charge in [-0.05, 0) is 48.7 Å². The first-order chi connectivity index (χ1) is 29.5. The Morgan fingerprint density at radius 1 is 0.629 bits per heavy atom. The average Bonchev–Trinajstić information content (AvgIpc) is 3.72. The average molecular weight is 887 g/mol. The third-order valence-corrected chi connectivity index (χ3v) is 13.0. The SMILES string of the molecule is C=C1[C@H]2[C@H](O[C@@H]3O[C@H](CO)[C@@H](O)[C@H](O)[C@H]3O)OC=C(C(=O)OCCC(C)CCCC(C)COC(=O)C3=CO[C@@H](O[C@@H]4O[C@H](CO)[C@@H](O)[C@H](O)[C@H]4O)[C@@H]4C(=C)[C@@H](O)C[C@H]34)[C@H]2C[C@@H]1O. The van der Waals surface area contributed by atoms with Crippen LogP contribution in [0.3, 0.4) is 0 Å². The molecular weight excluding hydrogens is 824 g/mol. The molecule has 2 saturated heterocycles. The minimum Gasteiger partial charge on any atom is -0.471 e. The van der Waals surface area contributed by atoms with Crippen molar-refractivity contribution in [3.8, 4) is 0 Å². The van der Waals surface area contributed by atoms with Crippen molar-refractivity contribution in [2.24, 2.45) is 35.5 Å². The Labute approximate surface area is 358 Å². The van der Waals surface area contributed by atoms with Crippen LogP contribution in [0.15, 0.2) is 48.0 Å². The van der Waals surface area contributed by atoms with Crippen LogP contribution in [-0.4, -0.2) is 176 Å². The Hall–Kier alpha value is -3.06. The van der Waals surface area contributed by atoms with E-state index in [1.165, 1.54) is 12.5 Å². The van der Waals surface area contributed by atoms with Crippen molar-refractivity contribution in [3.63, 3.8) is 0 Å². The lowest BCUT2D eigenvalue weighted by Crippen LogP contribution is -2.60. The number of carbonyl (C=O) groups excluding carboxylic acids is 2. The van der Waals surface area contributed by atoms with Crippen LogP contribution in [0.4, 0.5) is 0 Å². The molecule has 20 heteroatoms. The molecule has 0 bridgehead atoms. The summed E-state index contributed by atoms with van der Waals surface area (Å²) in [5, 5.41) is 102. The first kappa shape index (κ1) is 48.4. The van der Waals surface area contributed by atoms with E-state index in [-0.39, 0.29) is 49.0 Å². The molecule has 20 atom stereocenters. The molecule has 62 heavy (non-hydrogen) atoms. The van der Waals surface area contributed by atoms with Gasteiger partial charge < -0.3 is 89.0 Å². The predicted octanol–water partition coefficient (Wildman–Crippen LogP) is -1.87. The van der Waals surface area contributed by atoms with Crippen LogP contribution in [0.25, 0.3) is 0 Å². The fourth-order valence-corrected chi connectivity index (χ4v) is 9.07. The molecule has 2 unspecified atom stereocenters. The minimum atomic E-state index is -1.68. The van der Waals surface area contributed by atoms with E-state index >= 15 is 0 Å². The lowest BCUT2D eigenvalue weighted by Gasteiger charge is -2.42. The number of fused-ring (bicyclic) bond motifs is 2. The van der Waals surface area contributed by atoms with Crippen LogP contribution in [0.1, 0.15) is 52.4 Å². The highest BCUT2D eigenvalue weighted by molar-refractivity contribution is 5.89. The van der Waals surface area contributed by atoms with Gasteiger partial charge in [-0.1, -0.05) is 39.8 Å². The van der Waals surface area contributed by atoms with Gasteiger partial charge in [0.25, 0.3) is 0 Å². The molecule has 6 aliphatic rings. The highest BCUT2D eigenvalue weighted by Gasteiger charge is 2.54. The third kappa shape index (κ3) is 10.2. The maximum Gasteiger partial charge on any atom is 0.337 e. The first-order valence-electron chi connectivity index (χ1n) is 21.2. The summed E-state index contributed by atoms with van der Waals surface area (Å²) in [7, 11) is 0. The molecule has 6 rings (SSSR count). The van der Waals surface area contributed by atoms with Crippen molar-refractivity contribution in [2.75, 3.05) is 26.4 Å². The molecule has 4 heterocycles. The van der Waals surface area contributed by atoms with E-state index in [1.807, 2.05) is 13.8 Å². The molecule has 4 fully saturated rings. The zero-order valence-electron chi connectivity index (χ0n) is 34.7. The third-order valence-electron chi connectivity index (χ3n) is 13.0. The lowest BCUT2D eigenvalue weighted by atomic mass is 9.85. The van der Waals surface area contributed by atoms with Crippen LogP contribution in [0, 0.1) is 35.5 Å². The molecule has 0 radical (unpaired) electrons. The van der Waals surface area contributed by atoms with Crippen LogP contribution in [0.5, 0.6) is 0 Å². The molecule has 20 nitrogen and oxygen atoms in total. The standard InChI is InChI=1S/C42H62O20/c1-17(8-9-55-37(53)23-15-57-39(29-19(3)25(45)10-21(23)29)61-41-35(51)33(49)31(47)27(12-43)59-41)6-5-7-18(2)14-56-38(54)24-16-58-40(30-20(4)26(46)11-22(24)30)62-42-36(52)34(50)32(48)28(13-44)60-42/h15-18,21-22,25-36,39-52H,3-14H2,1-2H3/t17?,18?,21-,22-,25+,26+,27-,28-,29-,30-,31-,32-,33+,34+,35-,36-,39+,40+,41+,42+/m1/s1. The summed E-state index contributed by atoms with van der Waals surface area (Å²) in [5.41, 5.74) is 1.03. The molecule has 0 aromatic heterocycles. The number of hydrogen-bond donors (Lipinski definition) is 10. The zero-order valence-corrected chi connectivity index (χ0v) is 34.7. The van der Waals surface area contributed by atoms with Crippen LogP contribution >= 0.6 is 0 Å². The Morgan fingerprint density at radius 2 is 1.06 bits per heavy atom. The smallest absolute Gasteiger partial charge is 0.337 e. The van der Waals surface area contributed by atoms with Crippen molar-refractivity contribution < 1.29 is 98.5 Å². The van der Waals surface area contributed by atoms with Gasteiger partial charge in [-0.25, -0.2) is 9.59 Å². The van der Waals surface area contributed by atoms with Gasteiger partial charge >= 0.3 is 11.9 Å². The first-order valence-corrected chi connectivity index (χ1v) is 21.2. The molecule has 0 spiro atoms. The number of aliphatic hydroxyl groups excluding tert-OH is 10. The lowest BCUT2D eigenvalue weighted by molar-refractivity contribution is -0.339. The summed E-state index contributed by atoms with van der Waals surface area (Å²) < 4.78 is 45.3. The quantitative estimate of drug-likeness (QED) is 0.0565.